The summed E-state index contributed by atoms with van der Waals surface area (Å²) in [7, 11) is 1.90. The molecule has 0 unspecified atom stereocenters. The number of pyridine rings is 1. The van der Waals surface area contributed by atoms with Gasteiger partial charge in [0.1, 0.15) is 16.4 Å². The molecule has 170 valence electrons. The normalized spacial score (nSPS) is 11.7. The Labute approximate surface area is 208 Å². The standard InChI is InChI=1S/C29H22ClN5/c1-34-20-21(18-32-34)28-25-19-31-27(30)17-26(25)35(33-28)29(22-11-5-2-6-12-22,23-13-7-3-8-14-23)24-15-9-4-10-16-24/h2-20H,1H3. The van der Waals surface area contributed by atoms with Gasteiger partial charge in [-0.1, -0.05) is 103 Å². The molecule has 0 bridgehead atoms. The largest absolute Gasteiger partial charge is 0.275 e. The third-order valence-electron chi connectivity index (χ3n) is 6.40. The van der Waals surface area contributed by atoms with Gasteiger partial charge in [0.05, 0.1) is 11.7 Å². The molecule has 0 aliphatic rings. The van der Waals surface area contributed by atoms with E-state index in [0.717, 1.165) is 38.9 Å². The Hall–Kier alpha value is -4.22. The highest BCUT2D eigenvalue weighted by atomic mass is 35.5. The van der Waals surface area contributed by atoms with Crippen molar-refractivity contribution in [2.45, 2.75) is 5.54 Å². The third-order valence-corrected chi connectivity index (χ3v) is 6.61. The molecule has 6 rings (SSSR count). The summed E-state index contributed by atoms with van der Waals surface area (Å²) in [6.45, 7) is 0. The van der Waals surface area contributed by atoms with Crippen LogP contribution in [0.4, 0.5) is 0 Å². The Kier molecular flexibility index (Phi) is 5.20. The highest BCUT2D eigenvalue weighted by Crippen LogP contribution is 2.44. The van der Waals surface area contributed by atoms with Crippen molar-refractivity contribution in [2.75, 3.05) is 0 Å². The quantitative estimate of drug-likeness (QED) is 0.216. The highest BCUT2D eigenvalue weighted by Gasteiger charge is 2.41. The average Bonchev–Trinajstić information content (AvgIpc) is 3.50. The molecular weight excluding hydrogens is 454 g/mol. The molecule has 0 spiro atoms. The summed E-state index contributed by atoms with van der Waals surface area (Å²) >= 11 is 6.47. The van der Waals surface area contributed by atoms with Crippen LogP contribution in [0, 0.1) is 0 Å². The van der Waals surface area contributed by atoms with E-state index in [-0.39, 0.29) is 0 Å². The first kappa shape index (κ1) is 21.3. The molecule has 6 heteroatoms. The van der Waals surface area contributed by atoms with Crippen LogP contribution in [0.15, 0.2) is 116 Å². The molecule has 0 radical (unpaired) electrons. The van der Waals surface area contributed by atoms with Crippen LogP contribution in [0.1, 0.15) is 16.7 Å². The number of halogens is 1. The van der Waals surface area contributed by atoms with Crippen LogP contribution in [-0.4, -0.2) is 24.5 Å². The van der Waals surface area contributed by atoms with Crippen LogP contribution in [-0.2, 0) is 12.6 Å². The molecule has 0 N–H and O–H groups in total. The van der Waals surface area contributed by atoms with E-state index in [0.29, 0.717) is 5.15 Å². The number of hydrogen-bond donors (Lipinski definition) is 0. The molecule has 6 aromatic rings. The van der Waals surface area contributed by atoms with Gasteiger partial charge in [-0.25, -0.2) is 9.67 Å². The molecule has 3 aromatic heterocycles. The van der Waals surface area contributed by atoms with Gasteiger partial charge in [-0.15, -0.1) is 0 Å². The van der Waals surface area contributed by atoms with Crippen molar-refractivity contribution < 1.29 is 0 Å². The van der Waals surface area contributed by atoms with Crippen molar-refractivity contribution in [1.82, 2.24) is 24.5 Å². The lowest BCUT2D eigenvalue weighted by Crippen LogP contribution is -2.38. The molecule has 5 nitrogen and oxygen atoms in total. The maximum absolute atomic E-state index is 6.47. The van der Waals surface area contributed by atoms with Crippen molar-refractivity contribution in [3.05, 3.63) is 137 Å². The fraction of sp³-hybridized carbons (Fsp3) is 0.0690. The SMILES string of the molecule is Cn1cc(-c2nn(C(c3ccccc3)(c3ccccc3)c3ccccc3)c3cc(Cl)ncc23)cn1. The summed E-state index contributed by atoms with van der Waals surface area (Å²) in [5.41, 5.74) is 5.13. The van der Waals surface area contributed by atoms with Gasteiger partial charge < -0.3 is 0 Å². The lowest BCUT2D eigenvalue weighted by Gasteiger charge is -2.37. The molecule has 35 heavy (non-hydrogen) atoms. The summed E-state index contributed by atoms with van der Waals surface area (Å²) in [6, 6.07) is 33.3. The molecule has 0 saturated heterocycles. The van der Waals surface area contributed by atoms with E-state index in [1.807, 2.05) is 43.7 Å². The minimum Gasteiger partial charge on any atom is -0.275 e. The summed E-state index contributed by atoms with van der Waals surface area (Å²) in [5.74, 6) is 0. The van der Waals surface area contributed by atoms with Crippen molar-refractivity contribution >= 4 is 22.5 Å². The Morgan fingerprint density at radius 3 is 1.77 bits per heavy atom. The van der Waals surface area contributed by atoms with Crippen LogP contribution in [0.2, 0.25) is 5.15 Å². The summed E-state index contributed by atoms with van der Waals surface area (Å²) in [6.07, 6.45) is 5.60. The molecule has 0 atom stereocenters. The van der Waals surface area contributed by atoms with Gasteiger partial charge in [-0.05, 0) is 16.7 Å². The maximum Gasteiger partial charge on any atom is 0.138 e. The number of fused-ring (bicyclic) bond motifs is 1. The predicted octanol–water partition coefficient (Wildman–Crippen LogP) is 6.33. The molecular formula is C29H22ClN5. The Balaban J connectivity index is 1.80. The molecule has 3 aromatic carbocycles. The van der Waals surface area contributed by atoms with Crippen LogP contribution in [0.3, 0.4) is 0 Å². The molecule has 0 aliphatic carbocycles. The number of nitrogens with zero attached hydrogens (tertiary/aromatic N) is 5. The molecule has 0 amide bonds. The van der Waals surface area contributed by atoms with Crippen LogP contribution >= 0.6 is 11.6 Å². The fourth-order valence-corrected chi connectivity index (χ4v) is 5.06. The van der Waals surface area contributed by atoms with Crippen molar-refractivity contribution in [1.29, 1.82) is 0 Å². The Morgan fingerprint density at radius 1 is 0.743 bits per heavy atom. The van der Waals surface area contributed by atoms with Crippen LogP contribution in [0.5, 0.6) is 0 Å². The maximum atomic E-state index is 6.47. The lowest BCUT2D eigenvalue weighted by atomic mass is 9.77. The molecule has 0 aliphatic heterocycles. The van der Waals surface area contributed by atoms with E-state index in [9.17, 15) is 0 Å². The summed E-state index contributed by atoms with van der Waals surface area (Å²) < 4.78 is 3.88. The van der Waals surface area contributed by atoms with Gasteiger partial charge in [0.2, 0.25) is 0 Å². The summed E-state index contributed by atoms with van der Waals surface area (Å²) in [4.78, 5) is 4.40. The Morgan fingerprint density at radius 2 is 1.29 bits per heavy atom. The predicted molar refractivity (Wildman–Crippen MR) is 139 cm³/mol. The number of hydrogen-bond acceptors (Lipinski definition) is 3. The third kappa shape index (κ3) is 3.44. The zero-order valence-corrected chi connectivity index (χ0v) is 19.8. The van der Waals surface area contributed by atoms with E-state index >= 15 is 0 Å². The zero-order chi connectivity index (χ0) is 23.8. The van der Waals surface area contributed by atoms with Gasteiger partial charge in [0, 0.05) is 36.5 Å². The number of aryl methyl sites for hydroxylation is 1. The lowest BCUT2D eigenvalue weighted by molar-refractivity contribution is 0.477. The average molecular weight is 476 g/mol. The molecule has 0 fully saturated rings. The van der Waals surface area contributed by atoms with Crippen LogP contribution in [0.25, 0.3) is 22.2 Å². The van der Waals surface area contributed by atoms with Crippen molar-refractivity contribution in [2.24, 2.45) is 7.05 Å². The van der Waals surface area contributed by atoms with Crippen molar-refractivity contribution in [3.63, 3.8) is 0 Å². The molecule has 3 heterocycles. The second kappa shape index (κ2) is 8.53. The van der Waals surface area contributed by atoms with E-state index in [4.69, 9.17) is 16.7 Å². The second-order valence-corrected chi connectivity index (χ2v) is 8.88. The minimum atomic E-state index is -0.757. The monoisotopic (exact) mass is 475 g/mol. The first-order valence-electron chi connectivity index (χ1n) is 11.4. The van der Waals surface area contributed by atoms with Gasteiger partial charge in [0.15, 0.2) is 0 Å². The van der Waals surface area contributed by atoms with Gasteiger partial charge in [0.25, 0.3) is 0 Å². The van der Waals surface area contributed by atoms with E-state index < -0.39 is 5.54 Å². The smallest absolute Gasteiger partial charge is 0.138 e. The number of benzene rings is 3. The first-order valence-corrected chi connectivity index (χ1v) is 11.8. The highest BCUT2D eigenvalue weighted by molar-refractivity contribution is 6.30. The summed E-state index contributed by atoms with van der Waals surface area (Å²) in [5, 5.41) is 11.0. The minimum absolute atomic E-state index is 0.416. The van der Waals surface area contributed by atoms with E-state index in [1.54, 1.807) is 10.9 Å². The topological polar surface area (TPSA) is 48.5 Å². The van der Waals surface area contributed by atoms with Crippen LogP contribution < -0.4 is 0 Å². The van der Waals surface area contributed by atoms with Gasteiger partial charge >= 0.3 is 0 Å². The Bertz CT molecular complexity index is 1510. The second-order valence-electron chi connectivity index (χ2n) is 8.50. The fourth-order valence-electron chi connectivity index (χ4n) is 4.90. The van der Waals surface area contributed by atoms with Gasteiger partial charge in [-0.2, -0.15) is 10.2 Å². The first-order chi connectivity index (χ1) is 17.2. The van der Waals surface area contributed by atoms with Gasteiger partial charge in [-0.3, -0.25) is 4.68 Å². The van der Waals surface area contributed by atoms with E-state index in [2.05, 4.69) is 87.6 Å². The molecule has 0 saturated carbocycles. The van der Waals surface area contributed by atoms with Crippen molar-refractivity contribution in [3.8, 4) is 11.3 Å². The number of rotatable bonds is 5. The zero-order valence-electron chi connectivity index (χ0n) is 19.1. The van der Waals surface area contributed by atoms with E-state index in [1.165, 1.54) is 0 Å². The number of aromatic nitrogens is 5.